The van der Waals surface area contributed by atoms with Gasteiger partial charge in [0.05, 0.1) is 13.2 Å². The van der Waals surface area contributed by atoms with Gasteiger partial charge in [-0.1, -0.05) is 126 Å². The molecule has 232 valence electrons. The highest BCUT2D eigenvalue weighted by Crippen LogP contribution is 2.35. The number of ether oxygens (including phenoxy) is 2. The van der Waals surface area contributed by atoms with Crippen molar-refractivity contribution in [1.82, 2.24) is 0 Å². The highest BCUT2D eigenvalue weighted by atomic mass is 19.2. The summed E-state index contributed by atoms with van der Waals surface area (Å²) < 4.78 is 71.6. The third kappa shape index (κ3) is 8.79. The molecule has 0 unspecified atom stereocenters. The normalized spacial score (nSPS) is 17.2. The molecule has 3 aromatic rings. The van der Waals surface area contributed by atoms with E-state index >= 15 is 8.78 Å². The van der Waals surface area contributed by atoms with Crippen LogP contribution in [-0.4, -0.2) is 13.2 Å². The van der Waals surface area contributed by atoms with Gasteiger partial charge in [0.1, 0.15) is 0 Å². The molecule has 4 rings (SSSR count). The molecule has 1 aliphatic rings. The fraction of sp³-hybridized carbons (Fsp3) is 0.459. The van der Waals surface area contributed by atoms with Crippen LogP contribution in [0.2, 0.25) is 0 Å². The summed E-state index contributed by atoms with van der Waals surface area (Å²) in [7, 11) is 0. The molecule has 0 radical (unpaired) electrons. The summed E-state index contributed by atoms with van der Waals surface area (Å²) in [6.45, 7) is 5.18. The summed E-state index contributed by atoms with van der Waals surface area (Å²) in [5.41, 5.74) is 1.38. The molecular formula is C37H44F4O2. The maximum atomic E-state index is 15.2. The Balaban J connectivity index is 1.36. The first-order valence-corrected chi connectivity index (χ1v) is 15.9. The Kier molecular flexibility index (Phi) is 12.8. The SMILES string of the molecule is CCC/C=C\Cc1ccc(-c2ccc(-c3ccc(C4OCC(CCCCCCCCC)CO4)c(F)c3F)cc2)c(F)c1F. The molecule has 0 bridgehead atoms. The van der Waals surface area contributed by atoms with Crippen molar-refractivity contribution in [3.05, 3.63) is 95.1 Å². The van der Waals surface area contributed by atoms with Gasteiger partial charge < -0.3 is 9.47 Å². The average molecular weight is 597 g/mol. The fourth-order valence-corrected chi connectivity index (χ4v) is 5.54. The molecular weight excluding hydrogens is 552 g/mol. The minimum Gasteiger partial charge on any atom is -0.348 e. The van der Waals surface area contributed by atoms with E-state index in [-0.39, 0.29) is 28.2 Å². The zero-order valence-corrected chi connectivity index (χ0v) is 25.4. The molecule has 2 nitrogen and oxygen atoms in total. The van der Waals surface area contributed by atoms with Gasteiger partial charge in [-0.05, 0) is 36.0 Å². The lowest BCUT2D eigenvalue weighted by atomic mass is 9.97. The van der Waals surface area contributed by atoms with Crippen LogP contribution in [0.1, 0.15) is 95.5 Å². The van der Waals surface area contributed by atoms with Crippen molar-refractivity contribution < 1.29 is 27.0 Å². The molecule has 0 aromatic heterocycles. The first-order chi connectivity index (χ1) is 20.9. The zero-order chi connectivity index (χ0) is 30.6. The Morgan fingerprint density at radius 2 is 1.21 bits per heavy atom. The Labute approximate surface area is 254 Å². The van der Waals surface area contributed by atoms with E-state index < -0.39 is 29.6 Å². The molecule has 0 spiro atoms. The van der Waals surface area contributed by atoms with Gasteiger partial charge in [-0.15, -0.1) is 0 Å². The van der Waals surface area contributed by atoms with E-state index in [2.05, 4.69) is 13.8 Å². The quantitative estimate of drug-likeness (QED) is 0.0987. The number of hydrogen-bond donors (Lipinski definition) is 0. The second kappa shape index (κ2) is 16.8. The largest absolute Gasteiger partial charge is 0.348 e. The van der Waals surface area contributed by atoms with Gasteiger partial charge in [0.25, 0.3) is 0 Å². The minimum absolute atomic E-state index is 0.0365. The van der Waals surface area contributed by atoms with E-state index in [0.717, 1.165) is 25.7 Å². The molecule has 0 amide bonds. The van der Waals surface area contributed by atoms with Crippen molar-refractivity contribution in [1.29, 1.82) is 0 Å². The van der Waals surface area contributed by atoms with Crippen molar-refractivity contribution in [2.24, 2.45) is 5.92 Å². The van der Waals surface area contributed by atoms with Crippen LogP contribution in [0.4, 0.5) is 17.6 Å². The summed E-state index contributed by atoms with van der Waals surface area (Å²) >= 11 is 0. The summed E-state index contributed by atoms with van der Waals surface area (Å²) in [6, 6.07) is 12.4. The van der Waals surface area contributed by atoms with Crippen LogP contribution in [0.15, 0.2) is 60.7 Å². The molecule has 1 fully saturated rings. The molecule has 1 saturated heterocycles. The van der Waals surface area contributed by atoms with Crippen LogP contribution >= 0.6 is 0 Å². The smallest absolute Gasteiger partial charge is 0.186 e. The predicted molar refractivity (Wildman–Crippen MR) is 166 cm³/mol. The molecule has 43 heavy (non-hydrogen) atoms. The third-order valence-electron chi connectivity index (χ3n) is 8.18. The van der Waals surface area contributed by atoms with Crippen LogP contribution < -0.4 is 0 Å². The zero-order valence-electron chi connectivity index (χ0n) is 25.4. The molecule has 3 aromatic carbocycles. The van der Waals surface area contributed by atoms with E-state index in [1.807, 2.05) is 12.2 Å². The number of hydrogen-bond acceptors (Lipinski definition) is 2. The Morgan fingerprint density at radius 1 is 0.628 bits per heavy atom. The van der Waals surface area contributed by atoms with Gasteiger partial charge in [-0.3, -0.25) is 0 Å². The molecule has 1 heterocycles. The number of rotatable bonds is 15. The van der Waals surface area contributed by atoms with Crippen molar-refractivity contribution >= 4 is 0 Å². The van der Waals surface area contributed by atoms with Gasteiger partial charge in [-0.2, -0.15) is 0 Å². The van der Waals surface area contributed by atoms with Crippen molar-refractivity contribution in [2.45, 2.75) is 90.8 Å². The summed E-state index contributed by atoms with van der Waals surface area (Å²) in [6.07, 6.45) is 14.8. The van der Waals surface area contributed by atoms with Gasteiger partial charge in [-0.25, -0.2) is 17.6 Å². The van der Waals surface area contributed by atoms with E-state index in [4.69, 9.17) is 9.47 Å². The van der Waals surface area contributed by atoms with Crippen LogP contribution in [0, 0.1) is 29.2 Å². The molecule has 6 heteroatoms. The van der Waals surface area contributed by atoms with Gasteiger partial charge in [0, 0.05) is 22.6 Å². The lowest BCUT2D eigenvalue weighted by Gasteiger charge is -2.30. The molecule has 0 N–H and O–H groups in total. The fourth-order valence-electron chi connectivity index (χ4n) is 5.54. The van der Waals surface area contributed by atoms with Crippen molar-refractivity contribution in [3.63, 3.8) is 0 Å². The van der Waals surface area contributed by atoms with Crippen molar-refractivity contribution in [3.8, 4) is 22.3 Å². The second-order valence-electron chi connectivity index (χ2n) is 11.5. The molecule has 0 aliphatic carbocycles. The molecule has 0 atom stereocenters. The maximum Gasteiger partial charge on any atom is 0.186 e. The van der Waals surface area contributed by atoms with Crippen LogP contribution in [-0.2, 0) is 15.9 Å². The number of benzene rings is 3. The molecule has 1 aliphatic heterocycles. The van der Waals surface area contributed by atoms with Crippen LogP contribution in [0.5, 0.6) is 0 Å². The Morgan fingerprint density at radius 3 is 1.84 bits per heavy atom. The predicted octanol–water partition coefficient (Wildman–Crippen LogP) is 11.3. The van der Waals surface area contributed by atoms with Gasteiger partial charge in [0.15, 0.2) is 29.6 Å². The molecule has 0 saturated carbocycles. The lowest BCUT2D eigenvalue weighted by Crippen LogP contribution is -2.27. The maximum absolute atomic E-state index is 15.2. The first kappa shape index (κ1) is 32.9. The number of allylic oxidation sites excluding steroid dienone is 2. The standard InChI is InChI=1S/C37H44F4O2/c1-3-5-7-9-10-11-12-14-26-24-42-37(43-25-26)32-23-22-31(35(40)36(32)41)28-18-16-27(17-19-28)30-21-20-29(33(38)34(30)39)15-13-8-6-4-2/h8,13,16-23,26,37H,3-7,9-12,14-15,24-25H2,1-2H3/b13-8-. The van der Waals surface area contributed by atoms with Gasteiger partial charge in [0.2, 0.25) is 0 Å². The summed E-state index contributed by atoms with van der Waals surface area (Å²) in [5.74, 6) is -3.54. The number of unbranched alkanes of at least 4 members (excludes halogenated alkanes) is 7. The monoisotopic (exact) mass is 596 g/mol. The van der Waals surface area contributed by atoms with E-state index in [9.17, 15) is 8.78 Å². The van der Waals surface area contributed by atoms with Crippen LogP contribution in [0.3, 0.4) is 0 Å². The highest BCUT2D eigenvalue weighted by Gasteiger charge is 2.28. The first-order valence-electron chi connectivity index (χ1n) is 15.9. The second-order valence-corrected chi connectivity index (χ2v) is 11.5. The van der Waals surface area contributed by atoms with E-state index in [0.29, 0.717) is 30.8 Å². The average Bonchev–Trinajstić information content (AvgIpc) is 3.03. The van der Waals surface area contributed by atoms with E-state index in [1.54, 1.807) is 36.4 Å². The van der Waals surface area contributed by atoms with Gasteiger partial charge >= 0.3 is 0 Å². The summed E-state index contributed by atoms with van der Waals surface area (Å²) in [5, 5.41) is 0. The summed E-state index contributed by atoms with van der Waals surface area (Å²) in [4.78, 5) is 0. The topological polar surface area (TPSA) is 18.5 Å². The van der Waals surface area contributed by atoms with Crippen LogP contribution in [0.25, 0.3) is 22.3 Å². The third-order valence-corrected chi connectivity index (χ3v) is 8.18. The number of halogens is 4. The lowest BCUT2D eigenvalue weighted by molar-refractivity contribution is -0.207. The Bertz CT molecular complexity index is 1330. The van der Waals surface area contributed by atoms with E-state index in [1.165, 1.54) is 50.7 Å². The highest BCUT2D eigenvalue weighted by molar-refractivity contribution is 5.71. The Hall–Kier alpha value is -2.96. The van der Waals surface area contributed by atoms with Crippen molar-refractivity contribution in [2.75, 3.05) is 13.2 Å². The minimum atomic E-state index is -1.01.